The van der Waals surface area contributed by atoms with Gasteiger partial charge in [0, 0.05) is 63.1 Å². The average molecular weight is 479 g/mol. The zero-order valence-corrected chi connectivity index (χ0v) is 20.2. The number of hydrogen-bond donors (Lipinski definition) is 1. The Kier molecular flexibility index (Phi) is 7.79. The molecule has 2 saturated heterocycles. The van der Waals surface area contributed by atoms with Crippen molar-refractivity contribution in [3.8, 4) is 6.07 Å². The van der Waals surface area contributed by atoms with Crippen molar-refractivity contribution in [1.82, 2.24) is 9.80 Å². The molecule has 2 amide bonds. The molecule has 2 aromatic carbocycles. The normalized spacial score (nSPS) is 20.5. The molecule has 4 rings (SSSR count). The van der Waals surface area contributed by atoms with Crippen LogP contribution in [-0.4, -0.2) is 60.5 Å². The first kappa shape index (κ1) is 24.8. The number of piperazine rings is 1. The molecular formula is C27H31FN4O3. The molecule has 2 heterocycles. The second-order valence-corrected chi connectivity index (χ2v) is 9.49. The number of benzene rings is 2. The lowest BCUT2D eigenvalue weighted by Crippen LogP contribution is -2.53. The van der Waals surface area contributed by atoms with Crippen molar-refractivity contribution >= 4 is 17.5 Å². The summed E-state index contributed by atoms with van der Waals surface area (Å²) in [6.45, 7) is 7.89. The number of nitrogens with one attached hydrogen (secondary N) is 1. The summed E-state index contributed by atoms with van der Waals surface area (Å²) < 4.78 is 19.9. The Balaban J connectivity index is 1.40. The van der Waals surface area contributed by atoms with Crippen LogP contribution in [0.15, 0.2) is 36.4 Å². The molecule has 2 aromatic rings. The highest BCUT2D eigenvalue weighted by atomic mass is 19.1. The van der Waals surface area contributed by atoms with E-state index >= 15 is 0 Å². The highest BCUT2D eigenvalue weighted by Gasteiger charge is 2.30. The van der Waals surface area contributed by atoms with Crippen LogP contribution >= 0.6 is 0 Å². The summed E-state index contributed by atoms with van der Waals surface area (Å²) in [5.74, 6) is -0.318. The fourth-order valence-electron chi connectivity index (χ4n) is 4.85. The van der Waals surface area contributed by atoms with Gasteiger partial charge in [0.05, 0.1) is 11.6 Å². The second-order valence-electron chi connectivity index (χ2n) is 9.49. The van der Waals surface area contributed by atoms with E-state index in [-0.39, 0.29) is 11.9 Å². The fourth-order valence-corrected chi connectivity index (χ4v) is 4.85. The van der Waals surface area contributed by atoms with E-state index in [0.29, 0.717) is 61.9 Å². The highest BCUT2D eigenvalue weighted by molar-refractivity contribution is 6.04. The number of nitriles is 1. The Hall–Kier alpha value is -3.28. The summed E-state index contributed by atoms with van der Waals surface area (Å²) in [5.41, 5.74) is 2.73. The Morgan fingerprint density at radius 2 is 2.09 bits per heavy atom. The molecular weight excluding hydrogens is 447 g/mol. The van der Waals surface area contributed by atoms with E-state index in [9.17, 15) is 14.0 Å². The number of nitrogens with zero attached hydrogens (tertiary/aromatic N) is 3. The van der Waals surface area contributed by atoms with Crippen molar-refractivity contribution in [2.24, 2.45) is 5.92 Å². The maximum atomic E-state index is 14.5. The fraction of sp³-hybridized carbons (Fsp3) is 0.444. The predicted molar refractivity (Wildman–Crippen MR) is 130 cm³/mol. The largest absolute Gasteiger partial charge is 0.381 e. The van der Waals surface area contributed by atoms with Crippen LogP contribution in [0.1, 0.15) is 46.8 Å². The average Bonchev–Trinajstić information content (AvgIpc) is 3.35. The zero-order chi connectivity index (χ0) is 24.9. The third-order valence-corrected chi connectivity index (χ3v) is 6.90. The van der Waals surface area contributed by atoms with Crippen molar-refractivity contribution in [1.29, 1.82) is 5.26 Å². The molecule has 0 radical (unpaired) electrons. The zero-order valence-electron chi connectivity index (χ0n) is 20.2. The molecule has 2 aliphatic heterocycles. The van der Waals surface area contributed by atoms with Crippen LogP contribution in [0.25, 0.3) is 0 Å². The topological polar surface area (TPSA) is 85.7 Å². The lowest BCUT2D eigenvalue weighted by atomic mass is 10.0. The first-order chi connectivity index (χ1) is 16.8. The van der Waals surface area contributed by atoms with Gasteiger partial charge in [-0.05, 0) is 67.6 Å². The molecule has 2 atom stereocenters. The SMILES string of the molecule is Cc1c(CN2CCN(C(=O)CC3CCOC3)[C@@H](C)C2)cc(F)cc1NC(=O)c1cccc(C#N)c1. The number of amides is 2. The Bertz CT molecular complexity index is 1140. The van der Waals surface area contributed by atoms with Gasteiger partial charge in [-0.25, -0.2) is 4.39 Å². The maximum absolute atomic E-state index is 14.5. The lowest BCUT2D eigenvalue weighted by molar-refractivity contribution is -0.136. The van der Waals surface area contributed by atoms with Crippen molar-refractivity contribution in [3.63, 3.8) is 0 Å². The second kappa shape index (κ2) is 11.0. The Morgan fingerprint density at radius 3 is 2.80 bits per heavy atom. The third kappa shape index (κ3) is 6.05. The number of anilines is 1. The van der Waals surface area contributed by atoms with Crippen LogP contribution in [0.5, 0.6) is 0 Å². The standard InChI is InChI=1S/C27H31FN4O3/c1-18-15-31(7-8-32(18)26(33)11-21-6-9-35-17-21)16-23-12-24(28)13-25(19(23)2)30-27(34)22-5-3-4-20(10-22)14-29/h3-5,10,12-13,18,21H,6-9,11,15-17H2,1-2H3,(H,30,34)/t18-,21?/m0/s1. The molecule has 0 aliphatic carbocycles. The Labute approximate surface area is 205 Å². The summed E-state index contributed by atoms with van der Waals surface area (Å²) in [4.78, 5) is 29.7. The van der Waals surface area contributed by atoms with Crippen LogP contribution in [0.2, 0.25) is 0 Å². The quantitative estimate of drug-likeness (QED) is 0.684. The smallest absolute Gasteiger partial charge is 0.255 e. The predicted octanol–water partition coefficient (Wildman–Crippen LogP) is 3.72. The third-order valence-electron chi connectivity index (χ3n) is 6.90. The molecule has 0 spiro atoms. The van der Waals surface area contributed by atoms with Gasteiger partial charge in [0.1, 0.15) is 5.82 Å². The van der Waals surface area contributed by atoms with Crippen LogP contribution in [0, 0.1) is 30.0 Å². The van der Waals surface area contributed by atoms with Crippen LogP contribution in [0.4, 0.5) is 10.1 Å². The number of rotatable bonds is 6. The van der Waals surface area contributed by atoms with Crippen molar-refractivity contribution in [2.45, 2.75) is 39.3 Å². The van der Waals surface area contributed by atoms with Gasteiger partial charge in [-0.1, -0.05) is 6.07 Å². The van der Waals surface area contributed by atoms with Gasteiger partial charge in [-0.3, -0.25) is 14.5 Å². The van der Waals surface area contributed by atoms with Crippen molar-refractivity contribution < 1.29 is 18.7 Å². The molecule has 1 N–H and O–H groups in total. The number of carbonyl (C=O) groups excluding carboxylic acids is 2. The summed E-state index contributed by atoms with van der Waals surface area (Å²) >= 11 is 0. The highest BCUT2D eigenvalue weighted by Crippen LogP contribution is 2.25. The van der Waals surface area contributed by atoms with E-state index in [2.05, 4.69) is 17.1 Å². The van der Waals surface area contributed by atoms with E-state index in [1.807, 2.05) is 17.9 Å². The van der Waals surface area contributed by atoms with Crippen LogP contribution in [-0.2, 0) is 16.1 Å². The van der Waals surface area contributed by atoms with Gasteiger partial charge in [0.15, 0.2) is 0 Å². The first-order valence-corrected chi connectivity index (χ1v) is 12.0. The summed E-state index contributed by atoms with van der Waals surface area (Å²) in [5, 5.41) is 11.9. The minimum atomic E-state index is -0.424. The molecule has 0 saturated carbocycles. The molecule has 2 fully saturated rings. The van der Waals surface area contributed by atoms with Gasteiger partial charge in [0.25, 0.3) is 5.91 Å². The van der Waals surface area contributed by atoms with Gasteiger partial charge < -0.3 is 15.0 Å². The van der Waals surface area contributed by atoms with Gasteiger partial charge in [-0.15, -0.1) is 0 Å². The number of hydrogen-bond acceptors (Lipinski definition) is 5. The minimum Gasteiger partial charge on any atom is -0.381 e. The molecule has 35 heavy (non-hydrogen) atoms. The molecule has 7 nitrogen and oxygen atoms in total. The summed E-state index contributed by atoms with van der Waals surface area (Å²) in [6, 6.07) is 11.3. The van der Waals surface area contributed by atoms with E-state index < -0.39 is 11.7 Å². The number of carbonyl (C=O) groups is 2. The van der Waals surface area contributed by atoms with Gasteiger partial charge in [-0.2, -0.15) is 5.26 Å². The molecule has 2 aliphatic rings. The molecule has 0 aromatic heterocycles. The minimum absolute atomic E-state index is 0.0685. The van der Waals surface area contributed by atoms with Crippen LogP contribution in [0.3, 0.4) is 0 Å². The molecule has 184 valence electrons. The van der Waals surface area contributed by atoms with E-state index in [4.69, 9.17) is 10.00 Å². The molecule has 8 heteroatoms. The first-order valence-electron chi connectivity index (χ1n) is 12.0. The lowest BCUT2D eigenvalue weighted by Gasteiger charge is -2.40. The van der Waals surface area contributed by atoms with Gasteiger partial charge in [0.2, 0.25) is 5.91 Å². The number of ether oxygens (including phenoxy) is 1. The van der Waals surface area contributed by atoms with Crippen LogP contribution < -0.4 is 5.32 Å². The summed E-state index contributed by atoms with van der Waals surface area (Å²) in [7, 11) is 0. The monoisotopic (exact) mass is 478 g/mol. The maximum Gasteiger partial charge on any atom is 0.255 e. The van der Waals surface area contributed by atoms with E-state index in [1.54, 1.807) is 18.2 Å². The van der Waals surface area contributed by atoms with E-state index in [0.717, 1.165) is 24.2 Å². The molecule has 0 bridgehead atoms. The van der Waals surface area contributed by atoms with Gasteiger partial charge >= 0.3 is 0 Å². The molecule has 1 unspecified atom stereocenters. The van der Waals surface area contributed by atoms with Crippen molar-refractivity contribution in [2.75, 3.05) is 38.2 Å². The van der Waals surface area contributed by atoms with Crippen molar-refractivity contribution in [3.05, 3.63) is 64.5 Å². The summed E-state index contributed by atoms with van der Waals surface area (Å²) in [6.07, 6.45) is 1.48. The number of halogens is 1. The Morgan fingerprint density at radius 1 is 1.26 bits per heavy atom. The van der Waals surface area contributed by atoms with E-state index in [1.165, 1.54) is 18.2 Å².